The van der Waals surface area contributed by atoms with Crippen molar-refractivity contribution in [1.29, 1.82) is 0 Å². The molecular weight excluding hydrogens is 316 g/mol. The van der Waals surface area contributed by atoms with Gasteiger partial charge >= 0.3 is 0 Å². The SMILES string of the molecule is CCNc1ncc(CN2CCN(C)[C@@]3(CCC(=O)N(C)CC3)C2)cn1. The van der Waals surface area contributed by atoms with Gasteiger partial charge in [-0.25, -0.2) is 9.97 Å². The normalized spacial score (nSPS) is 26.0. The number of anilines is 1. The van der Waals surface area contributed by atoms with Gasteiger partial charge in [0.25, 0.3) is 0 Å². The molecule has 0 unspecified atom stereocenters. The Hall–Kier alpha value is -1.73. The molecule has 2 aliphatic heterocycles. The summed E-state index contributed by atoms with van der Waals surface area (Å²) in [5.41, 5.74) is 1.24. The molecule has 2 aliphatic rings. The quantitative estimate of drug-likeness (QED) is 0.879. The topological polar surface area (TPSA) is 64.6 Å². The van der Waals surface area contributed by atoms with Crippen LogP contribution in [0.3, 0.4) is 0 Å². The minimum absolute atomic E-state index is 0.100. The molecule has 1 aromatic heterocycles. The zero-order valence-electron chi connectivity index (χ0n) is 15.7. The van der Waals surface area contributed by atoms with Crippen LogP contribution in [0.25, 0.3) is 0 Å². The van der Waals surface area contributed by atoms with Crippen molar-refractivity contribution in [2.75, 3.05) is 52.1 Å². The lowest BCUT2D eigenvalue weighted by atomic mass is 9.86. The average Bonchev–Trinajstić information content (AvgIpc) is 2.75. The summed E-state index contributed by atoms with van der Waals surface area (Å²) in [5.74, 6) is 0.959. The number of carbonyl (C=O) groups is 1. The lowest BCUT2D eigenvalue weighted by molar-refractivity contribution is -0.129. The summed E-state index contributed by atoms with van der Waals surface area (Å²) >= 11 is 0. The molecular formula is C18H30N6O. The Balaban J connectivity index is 1.66. The molecule has 2 saturated heterocycles. The highest BCUT2D eigenvalue weighted by molar-refractivity contribution is 5.76. The van der Waals surface area contributed by atoms with E-state index >= 15 is 0 Å². The first kappa shape index (κ1) is 18.1. The number of aromatic nitrogens is 2. The summed E-state index contributed by atoms with van der Waals surface area (Å²) in [6.45, 7) is 7.65. The fourth-order valence-corrected chi connectivity index (χ4v) is 3.92. The van der Waals surface area contributed by atoms with Crippen molar-refractivity contribution in [3.8, 4) is 0 Å². The number of amides is 1. The van der Waals surface area contributed by atoms with Crippen molar-refractivity contribution in [3.05, 3.63) is 18.0 Å². The van der Waals surface area contributed by atoms with Gasteiger partial charge in [-0.15, -0.1) is 0 Å². The van der Waals surface area contributed by atoms with E-state index in [1.807, 2.05) is 31.3 Å². The number of piperazine rings is 1. The number of hydrogen-bond acceptors (Lipinski definition) is 6. The molecule has 1 spiro atoms. The minimum Gasteiger partial charge on any atom is -0.355 e. The van der Waals surface area contributed by atoms with E-state index < -0.39 is 0 Å². The summed E-state index contributed by atoms with van der Waals surface area (Å²) in [5, 5.41) is 3.13. The summed E-state index contributed by atoms with van der Waals surface area (Å²) in [6, 6.07) is 0. The predicted octanol–water partition coefficient (Wildman–Crippen LogP) is 1.04. The minimum atomic E-state index is 0.100. The second kappa shape index (κ2) is 7.66. The number of carbonyl (C=O) groups excluding carboxylic acids is 1. The highest BCUT2D eigenvalue weighted by Gasteiger charge is 2.41. The summed E-state index contributed by atoms with van der Waals surface area (Å²) < 4.78 is 0. The van der Waals surface area contributed by atoms with Gasteiger partial charge in [0, 0.05) is 76.2 Å². The van der Waals surface area contributed by atoms with Crippen LogP contribution in [-0.4, -0.2) is 82.9 Å². The van der Waals surface area contributed by atoms with Crippen molar-refractivity contribution >= 4 is 11.9 Å². The number of nitrogens with one attached hydrogen (secondary N) is 1. The largest absolute Gasteiger partial charge is 0.355 e. The Morgan fingerprint density at radius 1 is 1.16 bits per heavy atom. The highest BCUT2D eigenvalue weighted by Crippen LogP contribution is 2.32. The zero-order chi connectivity index (χ0) is 17.9. The molecule has 1 N–H and O–H groups in total. The standard InChI is InChI=1S/C18H30N6O/c1-4-19-17-20-11-15(12-21-17)13-24-10-9-23(3)18(14-24)6-5-16(25)22(2)8-7-18/h11-12H,4-10,13-14H2,1-3H3,(H,19,20,21)/t18-/m1/s1. The van der Waals surface area contributed by atoms with Gasteiger partial charge in [-0.2, -0.15) is 0 Å². The van der Waals surface area contributed by atoms with Crippen molar-refractivity contribution in [1.82, 2.24) is 24.7 Å². The van der Waals surface area contributed by atoms with E-state index in [0.717, 1.165) is 57.7 Å². The van der Waals surface area contributed by atoms with Crippen LogP contribution >= 0.6 is 0 Å². The maximum Gasteiger partial charge on any atom is 0.222 e. The lowest BCUT2D eigenvalue weighted by Gasteiger charge is -2.49. The molecule has 0 bridgehead atoms. The van der Waals surface area contributed by atoms with E-state index in [1.165, 1.54) is 0 Å². The molecule has 0 aliphatic carbocycles. The first-order valence-electron chi connectivity index (χ1n) is 9.25. The second-order valence-electron chi connectivity index (χ2n) is 7.37. The van der Waals surface area contributed by atoms with E-state index in [4.69, 9.17) is 0 Å². The van der Waals surface area contributed by atoms with Crippen LogP contribution in [0.2, 0.25) is 0 Å². The van der Waals surface area contributed by atoms with Gasteiger partial charge in [-0.3, -0.25) is 14.6 Å². The summed E-state index contributed by atoms with van der Waals surface area (Å²) in [7, 11) is 4.13. The molecule has 3 heterocycles. The molecule has 3 rings (SSSR count). The molecule has 138 valence electrons. The van der Waals surface area contributed by atoms with E-state index in [-0.39, 0.29) is 11.4 Å². The Morgan fingerprint density at radius 3 is 2.64 bits per heavy atom. The lowest BCUT2D eigenvalue weighted by Crippen LogP contribution is -2.60. The predicted molar refractivity (Wildman–Crippen MR) is 98.3 cm³/mol. The van der Waals surface area contributed by atoms with Crippen molar-refractivity contribution in [3.63, 3.8) is 0 Å². The van der Waals surface area contributed by atoms with Gasteiger partial charge in [0.1, 0.15) is 0 Å². The molecule has 25 heavy (non-hydrogen) atoms. The fourth-order valence-electron chi connectivity index (χ4n) is 3.92. The van der Waals surface area contributed by atoms with E-state index in [2.05, 4.69) is 32.1 Å². The first-order valence-corrected chi connectivity index (χ1v) is 9.25. The van der Waals surface area contributed by atoms with E-state index in [0.29, 0.717) is 12.4 Å². The molecule has 0 saturated carbocycles. The van der Waals surface area contributed by atoms with Crippen molar-refractivity contribution < 1.29 is 4.79 Å². The maximum absolute atomic E-state index is 12.1. The van der Waals surface area contributed by atoms with Crippen molar-refractivity contribution in [2.24, 2.45) is 0 Å². The fraction of sp³-hybridized carbons (Fsp3) is 0.722. The van der Waals surface area contributed by atoms with Gasteiger partial charge in [-0.1, -0.05) is 0 Å². The first-order chi connectivity index (χ1) is 12.0. The van der Waals surface area contributed by atoms with Crippen LogP contribution in [0.4, 0.5) is 5.95 Å². The second-order valence-corrected chi connectivity index (χ2v) is 7.37. The van der Waals surface area contributed by atoms with Gasteiger partial charge in [0.05, 0.1) is 0 Å². The number of nitrogens with zero attached hydrogens (tertiary/aromatic N) is 5. The van der Waals surface area contributed by atoms with Crippen LogP contribution in [0, 0.1) is 0 Å². The molecule has 0 aromatic carbocycles. The van der Waals surface area contributed by atoms with E-state index in [9.17, 15) is 4.79 Å². The Morgan fingerprint density at radius 2 is 1.92 bits per heavy atom. The van der Waals surface area contributed by atoms with Gasteiger partial charge in [0.15, 0.2) is 0 Å². The zero-order valence-corrected chi connectivity index (χ0v) is 15.7. The Bertz CT molecular complexity index is 592. The molecule has 1 aromatic rings. The molecule has 0 radical (unpaired) electrons. The van der Waals surface area contributed by atoms with Crippen LogP contribution in [0.1, 0.15) is 31.7 Å². The molecule has 1 amide bonds. The monoisotopic (exact) mass is 346 g/mol. The summed E-state index contributed by atoms with van der Waals surface area (Å²) in [4.78, 5) is 27.7. The molecule has 2 fully saturated rings. The van der Waals surface area contributed by atoms with Crippen molar-refractivity contribution in [2.45, 2.75) is 38.3 Å². The van der Waals surface area contributed by atoms with Gasteiger partial charge in [-0.05, 0) is 26.8 Å². The molecule has 7 heteroatoms. The smallest absolute Gasteiger partial charge is 0.222 e. The van der Waals surface area contributed by atoms with Gasteiger partial charge in [0.2, 0.25) is 11.9 Å². The third kappa shape index (κ3) is 4.10. The number of hydrogen-bond donors (Lipinski definition) is 1. The number of rotatable bonds is 4. The maximum atomic E-state index is 12.1. The Kier molecular flexibility index (Phi) is 5.54. The third-order valence-electron chi connectivity index (χ3n) is 5.67. The van der Waals surface area contributed by atoms with Gasteiger partial charge < -0.3 is 10.2 Å². The Labute approximate surface area is 150 Å². The van der Waals surface area contributed by atoms with Crippen LogP contribution in [0.5, 0.6) is 0 Å². The van der Waals surface area contributed by atoms with Crippen LogP contribution < -0.4 is 5.32 Å². The molecule has 7 nitrogen and oxygen atoms in total. The summed E-state index contributed by atoms with van der Waals surface area (Å²) in [6.07, 6.45) is 6.47. The highest BCUT2D eigenvalue weighted by atomic mass is 16.2. The van der Waals surface area contributed by atoms with E-state index in [1.54, 1.807) is 0 Å². The third-order valence-corrected chi connectivity index (χ3v) is 5.67. The molecule has 1 atom stereocenters. The average molecular weight is 346 g/mol. The van der Waals surface area contributed by atoms with Crippen LogP contribution in [-0.2, 0) is 11.3 Å². The van der Waals surface area contributed by atoms with Crippen LogP contribution in [0.15, 0.2) is 12.4 Å². The number of likely N-dealkylation sites (tertiary alicyclic amines) is 1. The number of likely N-dealkylation sites (N-methyl/N-ethyl adjacent to an activating group) is 1.